The van der Waals surface area contributed by atoms with Crippen LogP contribution < -0.4 is 14.9 Å². The fraction of sp³-hybridized carbons (Fsp3) is 0.231. The van der Waals surface area contributed by atoms with E-state index >= 15 is 0 Å². The van der Waals surface area contributed by atoms with Gasteiger partial charge in [-0.25, -0.2) is 8.42 Å². The van der Waals surface area contributed by atoms with Crippen LogP contribution in [0.25, 0.3) is 0 Å². The zero-order chi connectivity index (χ0) is 24.3. The molecule has 0 aromatic heterocycles. The third-order valence-electron chi connectivity index (χ3n) is 5.71. The van der Waals surface area contributed by atoms with E-state index in [1.54, 1.807) is 50.2 Å². The van der Waals surface area contributed by atoms with Crippen LogP contribution in [-0.2, 0) is 21.2 Å². The number of carbonyl (C=O) groups excluding carboxylic acids is 2. The molecule has 34 heavy (non-hydrogen) atoms. The van der Waals surface area contributed by atoms with Crippen molar-refractivity contribution in [2.24, 2.45) is 5.92 Å². The highest BCUT2D eigenvalue weighted by Gasteiger charge is 2.28. The molecule has 0 saturated heterocycles. The first-order valence-corrected chi connectivity index (χ1v) is 12.6. The summed E-state index contributed by atoms with van der Waals surface area (Å²) in [4.78, 5) is 24.6. The largest absolute Gasteiger partial charge is 0.326 e. The van der Waals surface area contributed by atoms with Crippen molar-refractivity contribution in [2.45, 2.75) is 31.6 Å². The molecule has 0 bridgehead atoms. The van der Waals surface area contributed by atoms with E-state index in [1.165, 1.54) is 16.4 Å². The molecule has 0 radical (unpaired) electrons. The molecule has 0 spiro atoms. The van der Waals surface area contributed by atoms with Gasteiger partial charge in [0, 0.05) is 29.4 Å². The minimum absolute atomic E-state index is 0.0970. The predicted molar refractivity (Wildman–Crippen MR) is 134 cm³/mol. The lowest BCUT2D eigenvalue weighted by Crippen LogP contribution is -2.35. The van der Waals surface area contributed by atoms with Gasteiger partial charge in [0.1, 0.15) is 0 Å². The van der Waals surface area contributed by atoms with Crippen LogP contribution in [0.2, 0.25) is 0 Å². The van der Waals surface area contributed by atoms with Gasteiger partial charge in [0.05, 0.1) is 10.6 Å². The molecular formula is C26H27N3O4S. The van der Waals surface area contributed by atoms with Gasteiger partial charge in [-0.15, -0.1) is 0 Å². The lowest BCUT2D eigenvalue weighted by Gasteiger charge is -2.30. The highest BCUT2D eigenvalue weighted by Crippen LogP contribution is 2.32. The Kier molecular flexibility index (Phi) is 6.70. The van der Waals surface area contributed by atoms with Crippen molar-refractivity contribution in [3.63, 3.8) is 0 Å². The molecule has 0 aliphatic carbocycles. The molecule has 176 valence electrons. The minimum Gasteiger partial charge on any atom is -0.326 e. The smallest absolute Gasteiger partial charge is 0.264 e. The summed E-state index contributed by atoms with van der Waals surface area (Å²) < 4.78 is 28.0. The number of nitrogens with one attached hydrogen (secondary N) is 2. The number of carbonyl (C=O) groups is 2. The summed E-state index contributed by atoms with van der Waals surface area (Å²) in [6, 6.07) is 20.3. The second-order valence-corrected chi connectivity index (χ2v) is 10.4. The molecule has 4 rings (SSSR count). The first kappa shape index (κ1) is 23.5. The normalized spacial score (nSPS) is 13.3. The van der Waals surface area contributed by atoms with Crippen molar-refractivity contribution < 1.29 is 18.0 Å². The van der Waals surface area contributed by atoms with Gasteiger partial charge in [-0.05, 0) is 73.0 Å². The molecule has 3 aromatic rings. The van der Waals surface area contributed by atoms with E-state index in [9.17, 15) is 18.0 Å². The monoisotopic (exact) mass is 477 g/mol. The van der Waals surface area contributed by atoms with Crippen LogP contribution in [0.15, 0.2) is 77.7 Å². The lowest BCUT2D eigenvalue weighted by atomic mass is 10.0. The van der Waals surface area contributed by atoms with E-state index in [0.29, 0.717) is 23.5 Å². The first-order chi connectivity index (χ1) is 16.3. The van der Waals surface area contributed by atoms with Crippen molar-refractivity contribution in [3.8, 4) is 0 Å². The molecule has 1 aliphatic heterocycles. The number of aryl methyl sites for hydroxylation is 1. The Morgan fingerprint density at radius 2 is 1.47 bits per heavy atom. The Balaban J connectivity index is 1.45. The Labute approximate surface area is 199 Å². The van der Waals surface area contributed by atoms with E-state index < -0.39 is 10.0 Å². The van der Waals surface area contributed by atoms with Gasteiger partial charge in [0.15, 0.2) is 0 Å². The number of hydrogen-bond donors (Lipinski definition) is 2. The lowest BCUT2D eigenvalue weighted by molar-refractivity contribution is -0.118. The quantitative estimate of drug-likeness (QED) is 0.539. The predicted octanol–water partition coefficient (Wildman–Crippen LogP) is 4.67. The molecule has 7 nitrogen and oxygen atoms in total. The van der Waals surface area contributed by atoms with Crippen LogP contribution in [-0.4, -0.2) is 26.8 Å². The summed E-state index contributed by atoms with van der Waals surface area (Å²) in [7, 11) is -3.71. The minimum atomic E-state index is -3.71. The van der Waals surface area contributed by atoms with Gasteiger partial charge in [-0.3, -0.25) is 13.9 Å². The number of benzene rings is 3. The molecule has 3 aromatic carbocycles. The van der Waals surface area contributed by atoms with Gasteiger partial charge < -0.3 is 10.6 Å². The number of rotatable bonds is 6. The molecule has 8 heteroatoms. The molecular weight excluding hydrogens is 450 g/mol. The summed E-state index contributed by atoms with van der Waals surface area (Å²) in [5.41, 5.74) is 3.27. The van der Waals surface area contributed by atoms with Gasteiger partial charge in [-0.2, -0.15) is 0 Å². The Hall–Kier alpha value is -3.65. The average molecular weight is 478 g/mol. The zero-order valence-corrected chi connectivity index (χ0v) is 19.9. The number of fused-ring (bicyclic) bond motifs is 1. The summed E-state index contributed by atoms with van der Waals surface area (Å²) in [6.45, 7) is 4.05. The fourth-order valence-electron chi connectivity index (χ4n) is 3.78. The Bertz CT molecular complexity index is 1300. The maximum absolute atomic E-state index is 13.3. The van der Waals surface area contributed by atoms with Crippen molar-refractivity contribution in [1.82, 2.24) is 0 Å². The highest BCUT2D eigenvalue weighted by atomic mass is 32.2. The van der Waals surface area contributed by atoms with Crippen molar-refractivity contribution in [3.05, 3.63) is 83.9 Å². The maximum Gasteiger partial charge on any atom is 0.264 e. The molecule has 0 saturated carbocycles. The Morgan fingerprint density at radius 1 is 0.853 bits per heavy atom. The van der Waals surface area contributed by atoms with E-state index in [1.807, 2.05) is 24.3 Å². The molecule has 0 unspecified atom stereocenters. The highest BCUT2D eigenvalue weighted by molar-refractivity contribution is 7.92. The summed E-state index contributed by atoms with van der Waals surface area (Å²) in [5, 5.41) is 5.56. The van der Waals surface area contributed by atoms with Crippen LogP contribution in [0.4, 0.5) is 17.1 Å². The van der Waals surface area contributed by atoms with Gasteiger partial charge in [0.2, 0.25) is 5.91 Å². The third-order valence-corrected chi connectivity index (χ3v) is 7.53. The standard InChI is InChI=1S/C26H27N3O4S/c1-18(2)25(30)27-21-11-9-20(10-12-21)26(31)28-22-13-15-23(16-14-22)34(32,33)29-17-5-7-19-6-3-4-8-24(19)29/h3-4,6,8-16,18H,5,7,17H2,1-2H3,(H,27,30)(H,28,31). The first-order valence-electron chi connectivity index (χ1n) is 11.2. The number of amides is 2. The van der Waals surface area contributed by atoms with E-state index in [0.717, 1.165) is 24.1 Å². The van der Waals surface area contributed by atoms with Gasteiger partial charge in [-0.1, -0.05) is 32.0 Å². The number of hydrogen-bond acceptors (Lipinski definition) is 4. The molecule has 2 amide bonds. The SMILES string of the molecule is CC(C)C(=O)Nc1ccc(C(=O)Nc2ccc(S(=O)(=O)N3CCCc4ccccc43)cc2)cc1. The second kappa shape index (κ2) is 9.69. The molecule has 1 aliphatic rings. The van der Waals surface area contributed by atoms with Crippen LogP contribution >= 0.6 is 0 Å². The van der Waals surface area contributed by atoms with E-state index in [4.69, 9.17) is 0 Å². The number of para-hydroxylation sites is 1. The van der Waals surface area contributed by atoms with Crippen LogP contribution in [0, 0.1) is 5.92 Å². The summed E-state index contributed by atoms with van der Waals surface area (Å²) >= 11 is 0. The topological polar surface area (TPSA) is 95.6 Å². The van der Waals surface area contributed by atoms with Crippen molar-refractivity contribution in [1.29, 1.82) is 0 Å². The van der Waals surface area contributed by atoms with E-state index in [2.05, 4.69) is 10.6 Å². The number of nitrogens with zero attached hydrogens (tertiary/aromatic N) is 1. The maximum atomic E-state index is 13.3. The summed E-state index contributed by atoms with van der Waals surface area (Å²) in [6.07, 6.45) is 1.63. The average Bonchev–Trinajstić information content (AvgIpc) is 2.84. The second-order valence-electron chi connectivity index (χ2n) is 8.51. The molecule has 2 N–H and O–H groups in total. The number of anilines is 3. The zero-order valence-electron chi connectivity index (χ0n) is 19.1. The van der Waals surface area contributed by atoms with Crippen LogP contribution in [0.1, 0.15) is 36.2 Å². The van der Waals surface area contributed by atoms with Gasteiger partial charge >= 0.3 is 0 Å². The van der Waals surface area contributed by atoms with Crippen LogP contribution in [0.3, 0.4) is 0 Å². The molecule has 0 fully saturated rings. The Morgan fingerprint density at radius 3 is 2.15 bits per heavy atom. The summed E-state index contributed by atoms with van der Waals surface area (Å²) in [5.74, 6) is -0.568. The van der Waals surface area contributed by atoms with Crippen molar-refractivity contribution in [2.75, 3.05) is 21.5 Å². The van der Waals surface area contributed by atoms with E-state index in [-0.39, 0.29) is 22.6 Å². The number of sulfonamides is 1. The van der Waals surface area contributed by atoms with Crippen LogP contribution in [0.5, 0.6) is 0 Å². The molecule has 0 atom stereocenters. The fourth-order valence-corrected chi connectivity index (χ4v) is 5.32. The van der Waals surface area contributed by atoms with Gasteiger partial charge in [0.25, 0.3) is 15.9 Å². The van der Waals surface area contributed by atoms with Crippen molar-refractivity contribution >= 4 is 38.9 Å². The molecule has 1 heterocycles. The third kappa shape index (κ3) is 4.97.